The molecule has 0 aliphatic rings. The molecule has 27 heavy (non-hydrogen) atoms. The van der Waals surface area contributed by atoms with Crippen molar-refractivity contribution in [1.82, 2.24) is 20.2 Å². The van der Waals surface area contributed by atoms with Gasteiger partial charge in [-0.25, -0.2) is 4.98 Å². The van der Waals surface area contributed by atoms with Gasteiger partial charge in [-0.05, 0) is 37.6 Å². The predicted octanol–water partition coefficient (Wildman–Crippen LogP) is 3.01. The highest BCUT2D eigenvalue weighted by Crippen LogP contribution is 2.14. The Morgan fingerprint density at radius 1 is 1.15 bits per heavy atom. The van der Waals surface area contributed by atoms with Crippen molar-refractivity contribution in [2.45, 2.75) is 25.9 Å². The Labute approximate surface area is 162 Å². The molecule has 0 fully saturated rings. The van der Waals surface area contributed by atoms with Crippen LogP contribution in [0.25, 0.3) is 11.0 Å². The number of nitrogens with one attached hydrogen (secondary N) is 2. The number of benzene rings is 2. The van der Waals surface area contributed by atoms with Crippen LogP contribution in [0.2, 0.25) is 5.02 Å². The Bertz CT molecular complexity index is 954. The first kappa shape index (κ1) is 18.9. The summed E-state index contributed by atoms with van der Waals surface area (Å²) in [4.78, 5) is 28.7. The van der Waals surface area contributed by atoms with Gasteiger partial charge in [-0.2, -0.15) is 0 Å². The molecule has 6 nitrogen and oxygen atoms in total. The highest BCUT2D eigenvalue weighted by atomic mass is 35.5. The Morgan fingerprint density at radius 3 is 2.70 bits per heavy atom. The zero-order chi connectivity index (χ0) is 19.2. The molecule has 1 aromatic heterocycles. The van der Waals surface area contributed by atoms with Gasteiger partial charge in [-0.15, -0.1) is 0 Å². The normalized spacial score (nSPS) is 11.9. The second-order valence-corrected chi connectivity index (χ2v) is 6.65. The van der Waals surface area contributed by atoms with Crippen LogP contribution in [0, 0.1) is 0 Å². The van der Waals surface area contributed by atoms with Gasteiger partial charge in [0.25, 0.3) is 5.91 Å². The minimum absolute atomic E-state index is 0.231. The number of halogens is 1. The van der Waals surface area contributed by atoms with Crippen LogP contribution in [0.3, 0.4) is 0 Å². The van der Waals surface area contributed by atoms with Crippen molar-refractivity contribution in [2.75, 3.05) is 6.54 Å². The van der Waals surface area contributed by atoms with E-state index in [0.29, 0.717) is 17.1 Å². The maximum Gasteiger partial charge on any atom is 0.253 e. The van der Waals surface area contributed by atoms with Gasteiger partial charge < -0.3 is 15.2 Å². The van der Waals surface area contributed by atoms with E-state index >= 15 is 0 Å². The van der Waals surface area contributed by atoms with E-state index < -0.39 is 6.04 Å². The lowest BCUT2D eigenvalue weighted by molar-refractivity contribution is -0.122. The van der Waals surface area contributed by atoms with E-state index in [1.807, 2.05) is 24.3 Å². The zero-order valence-corrected chi connectivity index (χ0v) is 15.7. The lowest BCUT2D eigenvalue weighted by Gasteiger charge is -2.15. The van der Waals surface area contributed by atoms with Gasteiger partial charge >= 0.3 is 0 Å². The fourth-order valence-corrected chi connectivity index (χ4v) is 3.01. The maximum absolute atomic E-state index is 12.2. The molecule has 3 aromatic rings. The molecule has 0 bridgehead atoms. The molecule has 3 rings (SSSR count). The third-order valence-electron chi connectivity index (χ3n) is 4.26. The number of hydrogen-bond donors (Lipinski definition) is 2. The molecule has 1 heterocycles. The van der Waals surface area contributed by atoms with Crippen molar-refractivity contribution in [2.24, 2.45) is 0 Å². The molecule has 0 radical (unpaired) electrons. The second-order valence-electron chi connectivity index (χ2n) is 6.25. The number of para-hydroxylation sites is 2. The van der Waals surface area contributed by atoms with Crippen molar-refractivity contribution < 1.29 is 9.59 Å². The Kier molecular flexibility index (Phi) is 6.08. The summed E-state index contributed by atoms with van der Waals surface area (Å²) in [6.07, 6.45) is 2.57. The van der Waals surface area contributed by atoms with Crippen LogP contribution < -0.4 is 10.6 Å². The van der Waals surface area contributed by atoms with E-state index in [4.69, 9.17) is 11.6 Å². The lowest BCUT2D eigenvalue weighted by atomic mass is 10.2. The van der Waals surface area contributed by atoms with Crippen LogP contribution in [0.4, 0.5) is 0 Å². The van der Waals surface area contributed by atoms with Crippen LogP contribution in [-0.2, 0) is 11.3 Å². The topological polar surface area (TPSA) is 76.0 Å². The summed E-state index contributed by atoms with van der Waals surface area (Å²) in [5, 5.41) is 5.87. The molecule has 2 aromatic carbocycles. The first-order valence-electron chi connectivity index (χ1n) is 8.79. The van der Waals surface area contributed by atoms with E-state index in [2.05, 4.69) is 20.2 Å². The highest BCUT2D eigenvalue weighted by Gasteiger charge is 2.17. The van der Waals surface area contributed by atoms with Crippen molar-refractivity contribution >= 4 is 34.4 Å². The van der Waals surface area contributed by atoms with Crippen molar-refractivity contribution in [3.05, 3.63) is 65.4 Å². The molecule has 1 atom stereocenters. The Morgan fingerprint density at radius 2 is 1.89 bits per heavy atom. The molecule has 0 aliphatic heterocycles. The number of amides is 2. The molecule has 2 amide bonds. The number of nitrogens with zero attached hydrogens (tertiary/aromatic N) is 2. The van der Waals surface area contributed by atoms with E-state index in [1.54, 1.807) is 37.5 Å². The van der Waals surface area contributed by atoms with E-state index in [0.717, 1.165) is 24.0 Å². The number of aromatic nitrogens is 2. The highest BCUT2D eigenvalue weighted by molar-refractivity contribution is 6.33. The molecular weight excluding hydrogens is 364 g/mol. The minimum Gasteiger partial charge on any atom is -0.354 e. The number of imidazole rings is 1. The van der Waals surface area contributed by atoms with Gasteiger partial charge in [0.1, 0.15) is 6.04 Å². The Hall–Kier alpha value is -2.86. The third-order valence-corrected chi connectivity index (χ3v) is 4.59. The van der Waals surface area contributed by atoms with Gasteiger partial charge in [-0.1, -0.05) is 35.9 Å². The quantitative estimate of drug-likeness (QED) is 0.615. The van der Waals surface area contributed by atoms with Crippen LogP contribution in [0.1, 0.15) is 23.7 Å². The number of rotatable bonds is 7. The largest absolute Gasteiger partial charge is 0.354 e. The van der Waals surface area contributed by atoms with Crippen molar-refractivity contribution in [1.29, 1.82) is 0 Å². The number of aryl methyl sites for hydroxylation is 1. The standard InChI is InChI=1S/C20H21ClN4O2/c1-14(24-20(27)15-7-2-3-8-16(15)21)19(26)22-11-6-12-25-13-23-17-9-4-5-10-18(17)25/h2-5,7-10,13-14H,6,11-12H2,1H3,(H,22,26)(H,24,27)/t14-/m0/s1. The van der Waals surface area contributed by atoms with Crippen LogP contribution in [-0.4, -0.2) is 34.0 Å². The smallest absolute Gasteiger partial charge is 0.253 e. The molecule has 0 aliphatic carbocycles. The van der Waals surface area contributed by atoms with Crippen molar-refractivity contribution in [3.8, 4) is 0 Å². The second kappa shape index (κ2) is 8.68. The number of carbonyl (C=O) groups excluding carboxylic acids is 2. The van der Waals surface area contributed by atoms with Crippen molar-refractivity contribution in [3.63, 3.8) is 0 Å². The molecule has 0 unspecified atom stereocenters. The lowest BCUT2D eigenvalue weighted by Crippen LogP contribution is -2.45. The SMILES string of the molecule is C[C@H](NC(=O)c1ccccc1Cl)C(=O)NCCCn1cnc2ccccc21. The summed E-state index contributed by atoms with van der Waals surface area (Å²) >= 11 is 6.01. The summed E-state index contributed by atoms with van der Waals surface area (Å²) in [6.45, 7) is 2.91. The average Bonchev–Trinajstić information content (AvgIpc) is 3.08. The summed E-state index contributed by atoms with van der Waals surface area (Å²) in [5.74, 6) is -0.598. The van der Waals surface area contributed by atoms with E-state index in [9.17, 15) is 9.59 Å². The third kappa shape index (κ3) is 4.65. The fourth-order valence-electron chi connectivity index (χ4n) is 2.79. The number of hydrogen-bond acceptors (Lipinski definition) is 3. The maximum atomic E-state index is 12.2. The molecule has 140 valence electrons. The van der Waals surface area contributed by atoms with Crippen LogP contribution >= 0.6 is 11.6 Å². The van der Waals surface area contributed by atoms with E-state index in [1.165, 1.54) is 0 Å². The number of fused-ring (bicyclic) bond motifs is 1. The van der Waals surface area contributed by atoms with Crippen LogP contribution in [0.5, 0.6) is 0 Å². The minimum atomic E-state index is -0.650. The number of carbonyl (C=O) groups is 2. The molecule has 7 heteroatoms. The summed E-state index contributed by atoms with van der Waals surface area (Å²) in [6, 6.07) is 14.0. The van der Waals surface area contributed by atoms with Gasteiger partial charge in [0, 0.05) is 13.1 Å². The monoisotopic (exact) mass is 384 g/mol. The molecule has 0 spiro atoms. The average molecular weight is 385 g/mol. The molecular formula is C20H21ClN4O2. The van der Waals surface area contributed by atoms with Gasteiger partial charge in [-0.3, -0.25) is 9.59 Å². The van der Waals surface area contributed by atoms with E-state index in [-0.39, 0.29) is 11.8 Å². The first-order chi connectivity index (χ1) is 13.1. The molecule has 0 saturated carbocycles. The predicted molar refractivity (Wildman–Crippen MR) is 106 cm³/mol. The van der Waals surface area contributed by atoms with Gasteiger partial charge in [0.05, 0.1) is 27.9 Å². The fraction of sp³-hybridized carbons (Fsp3) is 0.250. The zero-order valence-electron chi connectivity index (χ0n) is 15.0. The summed E-state index contributed by atoms with van der Waals surface area (Å²) in [5.41, 5.74) is 2.38. The molecule has 2 N–H and O–H groups in total. The Balaban J connectivity index is 1.45. The molecule has 0 saturated heterocycles. The van der Waals surface area contributed by atoms with Gasteiger partial charge in [0.15, 0.2) is 0 Å². The van der Waals surface area contributed by atoms with Crippen LogP contribution in [0.15, 0.2) is 54.9 Å². The first-order valence-corrected chi connectivity index (χ1v) is 9.17. The summed E-state index contributed by atoms with van der Waals surface area (Å²) in [7, 11) is 0. The van der Waals surface area contributed by atoms with Gasteiger partial charge in [0.2, 0.25) is 5.91 Å². The summed E-state index contributed by atoms with van der Waals surface area (Å²) < 4.78 is 2.06.